The van der Waals surface area contributed by atoms with Gasteiger partial charge >= 0.3 is 0 Å². The Morgan fingerprint density at radius 2 is 0.808 bits per heavy atom. The van der Waals surface area contributed by atoms with Gasteiger partial charge in [0.25, 0.3) is 0 Å². The molecule has 0 fully saturated rings. The van der Waals surface area contributed by atoms with Crippen LogP contribution < -0.4 is 0 Å². The molecule has 0 aliphatic rings. The van der Waals surface area contributed by atoms with Gasteiger partial charge in [-0.25, -0.2) is 9.97 Å². The first-order valence-electron chi connectivity index (χ1n) is 17.5. The highest BCUT2D eigenvalue weighted by molar-refractivity contribution is 6.13. The Balaban J connectivity index is 1.13. The van der Waals surface area contributed by atoms with Crippen molar-refractivity contribution < 1.29 is 0 Å². The number of para-hydroxylation sites is 2. The first kappa shape index (κ1) is 29.8. The number of nitrogens with zero attached hydrogens (tertiary/aromatic N) is 4. The Morgan fingerprint density at radius 3 is 1.46 bits per heavy atom. The highest BCUT2D eigenvalue weighted by Gasteiger charge is 2.16. The van der Waals surface area contributed by atoms with E-state index in [1.807, 2.05) is 24.5 Å². The Morgan fingerprint density at radius 1 is 0.308 bits per heavy atom. The molecule has 0 aliphatic heterocycles. The lowest BCUT2D eigenvalue weighted by atomic mass is 9.94. The summed E-state index contributed by atoms with van der Waals surface area (Å²) in [6, 6.07) is 59.5. The highest BCUT2D eigenvalue weighted by atomic mass is 14.9. The topological polar surface area (TPSA) is 51.6 Å². The number of aromatic nitrogens is 4. The Hall–Kier alpha value is -7.04. The van der Waals surface area contributed by atoms with E-state index in [0.717, 1.165) is 77.5 Å². The van der Waals surface area contributed by atoms with Crippen LogP contribution in [-0.2, 0) is 0 Å². The van der Waals surface area contributed by atoms with Gasteiger partial charge in [-0.2, -0.15) is 0 Å². The van der Waals surface area contributed by atoms with Crippen LogP contribution in [-0.4, -0.2) is 19.9 Å². The quantitative estimate of drug-likeness (QED) is 0.172. The Kier molecular flexibility index (Phi) is 7.10. The molecule has 0 saturated carbocycles. The van der Waals surface area contributed by atoms with Crippen LogP contribution in [0.3, 0.4) is 0 Å². The summed E-state index contributed by atoms with van der Waals surface area (Å²) in [5.41, 5.74) is 11.2. The molecule has 0 aliphatic carbocycles. The van der Waals surface area contributed by atoms with E-state index >= 15 is 0 Å². The molecule has 0 unspecified atom stereocenters. The molecule has 4 heteroatoms. The van der Waals surface area contributed by atoms with E-state index in [2.05, 4.69) is 163 Å². The van der Waals surface area contributed by atoms with Crippen LogP contribution in [0.1, 0.15) is 0 Å². The van der Waals surface area contributed by atoms with Crippen molar-refractivity contribution >= 4 is 43.4 Å². The standard InChI is InChI=1S/C48H30N4/c1-2-14-38-37(9-1)29-43(42-16-4-3-15-41(38)42)45-30-44(33-23-19-31(20-24-33)39-17-5-10-34-12-7-27-49-46(34)39)51-48(52-45)36-25-21-32(22-26-36)40-18-6-11-35-13-8-28-50-47(35)40/h1-30H. The molecule has 0 N–H and O–H groups in total. The predicted octanol–water partition coefficient (Wildman–Crippen LogP) is 12.2. The molecule has 0 bridgehead atoms. The highest BCUT2D eigenvalue weighted by Crippen LogP contribution is 2.37. The second-order valence-corrected chi connectivity index (χ2v) is 13.1. The van der Waals surface area contributed by atoms with Gasteiger partial charge in [-0.1, -0.05) is 146 Å². The third kappa shape index (κ3) is 5.17. The van der Waals surface area contributed by atoms with E-state index in [0.29, 0.717) is 5.82 Å². The largest absolute Gasteiger partial charge is 0.256 e. The maximum atomic E-state index is 5.28. The number of pyridine rings is 2. The van der Waals surface area contributed by atoms with Gasteiger partial charge in [-0.15, -0.1) is 0 Å². The number of hydrogen-bond donors (Lipinski definition) is 0. The molecular weight excluding hydrogens is 633 g/mol. The molecule has 52 heavy (non-hydrogen) atoms. The summed E-state index contributed by atoms with van der Waals surface area (Å²) >= 11 is 0. The van der Waals surface area contributed by atoms with Crippen molar-refractivity contribution in [3.63, 3.8) is 0 Å². The van der Waals surface area contributed by atoms with E-state index in [1.54, 1.807) is 0 Å². The van der Waals surface area contributed by atoms with Gasteiger partial charge in [-0.05, 0) is 56.9 Å². The smallest absolute Gasteiger partial charge is 0.160 e. The van der Waals surface area contributed by atoms with Gasteiger partial charge in [0.15, 0.2) is 5.82 Å². The number of hydrogen-bond acceptors (Lipinski definition) is 4. The Bertz CT molecular complexity index is 2800. The van der Waals surface area contributed by atoms with Crippen molar-refractivity contribution in [2.24, 2.45) is 0 Å². The molecule has 3 heterocycles. The summed E-state index contributed by atoms with van der Waals surface area (Å²) in [6.07, 6.45) is 3.70. The van der Waals surface area contributed by atoms with Crippen LogP contribution in [0.2, 0.25) is 0 Å². The zero-order valence-electron chi connectivity index (χ0n) is 28.1. The average Bonchev–Trinajstić information content (AvgIpc) is 3.23. The molecule has 242 valence electrons. The molecule has 0 saturated heterocycles. The molecule has 7 aromatic carbocycles. The molecule has 10 aromatic rings. The van der Waals surface area contributed by atoms with Gasteiger partial charge in [0, 0.05) is 51.0 Å². The van der Waals surface area contributed by atoms with Gasteiger partial charge in [0.1, 0.15) is 0 Å². The molecular formula is C48H30N4. The van der Waals surface area contributed by atoms with Crippen molar-refractivity contribution in [1.29, 1.82) is 0 Å². The van der Waals surface area contributed by atoms with Crippen LogP contribution in [0.5, 0.6) is 0 Å². The van der Waals surface area contributed by atoms with E-state index in [-0.39, 0.29) is 0 Å². The van der Waals surface area contributed by atoms with Crippen molar-refractivity contribution in [2.75, 3.05) is 0 Å². The lowest BCUT2D eigenvalue weighted by Gasteiger charge is -2.14. The Labute approximate surface area is 300 Å². The van der Waals surface area contributed by atoms with Crippen molar-refractivity contribution in [1.82, 2.24) is 19.9 Å². The van der Waals surface area contributed by atoms with Gasteiger partial charge in [-0.3, -0.25) is 9.97 Å². The van der Waals surface area contributed by atoms with Gasteiger partial charge < -0.3 is 0 Å². The maximum absolute atomic E-state index is 5.28. The lowest BCUT2D eigenvalue weighted by molar-refractivity contribution is 1.19. The van der Waals surface area contributed by atoms with E-state index in [1.165, 1.54) is 16.2 Å². The first-order chi connectivity index (χ1) is 25.8. The summed E-state index contributed by atoms with van der Waals surface area (Å²) < 4.78 is 0. The van der Waals surface area contributed by atoms with Gasteiger partial charge in [0.2, 0.25) is 0 Å². The molecule has 10 rings (SSSR count). The monoisotopic (exact) mass is 662 g/mol. The number of benzene rings is 7. The lowest BCUT2D eigenvalue weighted by Crippen LogP contribution is -1.97. The van der Waals surface area contributed by atoms with E-state index in [9.17, 15) is 0 Å². The predicted molar refractivity (Wildman–Crippen MR) is 215 cm³/mol. The van der Waals surface area contributed by atoms with Gasteiger partial charge in [0.05, 0.1) is 22.4 Å². The molecule has 4 nitrogen and oxygen atoms in total. The fraction of sp³-hybridized carbons (Fsp3) is 0. The molecule has 3 aromatic heterocycles. The van der Waals surface area contributed by atoms with Crippen LogP contribution in [0.4, 0.5) is 0 Å². The fourth-order valence-electron chi connectivity index (χ4n) is 7.42. The van der Waals surface area contributed by atoms with Crippen LogP contribution >= 0.6 is 0 Å². The zero-order valence-corrected chi connectivity index (χ0v) is 28.1. The number of fused-ring (bicyclic) bond motifs is 5. The fourth-order valence-corrected chi connectivity index (χ4v) is 7.42. The molecule has 0 spiro atoms. The second kappa shape index (κ2) is 12.4. The second-order valence-electron chi connectivity index (χ2n) is 13.1. The SMILES string of the molecule is c1cnc2c(-c3ccc(-c4cc(-c5cc6ccccc6c6ccccc56)nc(-c5ccc(-c6cccc7cccnc67)cc5)n4)cc3)cccc2c1. The van der Waals surface area contributed by atoms with Crippen LogP contribution in [0.15, 0.2) is 182 Å². The van der Waals surface area contributed by atoms with Crippen molar-refractivity contribution in [3.05, 3.63) is 182 Å². The summed E-state index contributed by atoms with van der Waals surface area (Å²) in [4.78, 5) is 19.9. The zero-order chi connectivity index (χ0) is 34.4. The van der Waals surface area contributed by atoms with Crippen molar-refractivity contribution in [2.45, 2.75) is 0 Å². The van der Waals surface area contributed by atoms with Crippen molar-refractivity contribution in [3.8, 4) is 56.2 Å². The summed E-state index contributed by atoms with van der Waals surface area (Å²) in [7, 11) is 0. The van der Waals surface area contributed by atoms with Crippen LogP contribution in [0, 0.1) is 0 Å². The van der Waals surface area contributed by atoms with E-state index in [4.69, 9.17) is 15.0 Å². The first-order valence-corrected chi connectivity index (χ1v) is 17.5. The summed E-state index contributed by atoms with van der Waals surface area (Å²) in [6.45, 7) is 0. The minimum absolute atomic E-state index is 0.676. The third-order valence-corrected chi connectivity index (χ3v) is 9.98. The van der Waals surface area contributed by atoms with Crippen LogP contribution in [0.25, 0.3) is 99.5 Å². The summed E-state index contributed by atoms with van der Waals surface area (Å²) in [5.74, 6) is 0.676. The molecule has 0 atom stereocenters. The normalized spacial score (nSPS) is 11.5. The third-order valence-electron chi connectivity index (χ3n) is 9.98. The minimum Gasteiger partial charge on any atom is -0.256 e. The minimum atomic E-state index is 0.676. The molecule has 0 radical (unpaired) electrons. The maximum Gasteiger partial charge on any atom is 0.160 e. The van der Waals surface area contributed by atoms with E-state index < -0.39 is 0 Å². The summed E-state index contributed by atoms with van der Waals surface area (Å²) in [5, 5.41) is 7.02. The average molecular weight is 663 g/mol. The number of rotatable bonds is 5. The molecule has 0 amide bonds.